The summed E-state index contributed by atoms with van der Waals surface area (Å²) >= 11 is 0. The number of carbonyl (C=O) groups is 2. The minimum atomic E-state index is -0.196. The van der Waals surface area contributed by atoms with E-state index in [0.29, 0.717) is 26.2 Å². The van der Waals surface area contributed by atoms with Gasteiger partial charge < -0.3 is 19.8 Å². The lowest BCUT2D eigenvalue weighted by Crippen LogP contribution is -2.49. The molecule has 1 saturated heterocycles. The molecule has 24 heavy (non-hydrogen) atoms. The molecule has 0 aliphatic carbocycles. The zero-order valence-corrected chi connectivity index (χ0v) is 14.5. The third-order valence-corrected chi connectivity index (χ3v) is 4.32. The Bertz CT molecular complexity index is 548. The molecular formula is C18H27N3O3. The van der Waals surface area contributed by atoms with Crippen molar-refractivity contribution in [3.8, 4) is 0 Å². The first-order valence-electron chi connectivity index (χ1n) is 8.42. The van der Waals surface area contributed by atoms with Crippen molar-refractivity contribution in [1.82, 2.24) is 14.7 Å². The van der Waals surface area contributed by atoms with Crippen molar-refractivity contribution >= 4 is 11.9 Å². The smallest absolute Gasteiger partial charge is 0.319 e. The third kappa shape index (κ3) is 4.71. The van der Waals surface area contributed by atoms with Gasteiger partial charge in [0.2, 0.25) is 5.91 Å². The minimum Gasteiger partial charge on any atom is -0.395 e. The summed E-state index contributed by atoms with van der Waals surface area (Å²) in [5.41, 5.74) is 1.04. The van der Waals surface area contributed by atoms with Gasteiger partial charge in [-0.1, -0.05) is 30.3 Å². The van der Waals surface area contributed by atoms with E-state index in [4.69, 9.17) is 0 Å². The lowest BCUT2D eigenvalue weighted by Gasteiger charge is -2.36. The van der Waals surface area contributed by atoms with Gasteiger partial charge in [-0.25, -0.2) is 4.79 Å². The molecule has 6 heteroatoms. The molecule has 0 aromatic heterocycles. The highest BCUT2D eigenvalue weighted by molar-refractivity contribution is 5.81. The molecule has 1 aromatic rings. The Hall–Kier alpha value is -2.08. The Kier molecular flexibility index (Phi) is 6.61. The van der Waals surface area contributed by atoms with Gasteiger partial charge in [-0.05, 0) is 18.4 Å². The second-order valence-electron chi connectivity index (χ2n) is 6.43. The van der Waals surface area contributed by atoms with E-state index in [1.54, 1.807) is 28.8 Å². The number of hydrogen-bond donors (Lipinski definition) is 1. The highest BCUT2D eigenvalue weighted by Gasteiger charge is 2.31. The number of aliphatic hydroxyl groups excluding tert-OH is 1. The highest BCUT2D eigenvalue weighted by atomic mass is 16.3. The Morgan fingerprint density at radius 1 is 1.25 bits per heavy atom. The van der Waals surface area contributed by atoms with Gasteiger partial charge in [0.05, 0.1) is 12.5 Å². The molecule has 1 heterocycles. The largest absolute Gasteiger partial charge is 0.395 e. The molecule has 0 bridgehead atoms. The number of hydrogen-bond acceptors (Lipinski definition) is 3. The number of urea groups is 1. The van der Waals surface area contributed by atoms with Gasteiger partial charge in [0, 0.05) is 40.3 Å². The molecule has 1 aliphatic heterocycles. The average Bonchev–Trinajstić information content (AvgIpc) is 2.61. The standard InChI is InChI=1S/C18H27N3O3/c1-19(2)18(24)21-10-6-9-16(14-21)17(23)20(11-12-22)13-15-7-4-3-5-8-15/h3-5,7-8,16,22H,6,9-14H2,1-2H3. The first kappa shape index (κ1) is 18.3. The van der Waals surface area contributed by atoms with Crippen LogP contribution in [-0.2, 0) is 11.3 Å². The normalized spacial score (nSPS) is 17.5. The summed E-state index contributed by atoms with van der Waals surface area (Å²) in [6, 6.07) is 9.71. The summed E-state index contributed by atoms with van der Waals surface area (Å²) in [6.45, 7) is 1.88. The number of likely N-dealkylation sites (tertiary alicyclic amines) is 1. The van der Waals surface area contributed by atoms with E-state index >= 15 is 0 Å². The monoisotopic (exact) mass is 333 g/mol. The predicted molar refractivity (Wildman–Crippen MR) is 92.3 cm³/mol. The molecule has 1 N–H and O–H groups in total. The second-order valence-corrected chi connectivity index (χ2v) is 6.43. The number of amides is 3. The van der Waals surface area contributed by atoms with Crippen LogP contribution in [0.15, 0.2) is 30.3 Å². The van der Waals surface area contributed by atoms with Crippen molar-refractivity contribution in [3.05, 3.63) is 35.9 Å². The molecule has 1 aromatic carbocycles. The van der Waals surface area contributed by atoms with Crippen molar-refractivity contribution in [3.63, 3.8) is 0 Å². The Morgan fingerprint density at radius 2 is 1.96 bits per heavy atom. The molecule has 0 spiro atoms. The van der Waals surface area contributed by atoms with Gasteiger partial charge in [0.1, 0.15) is 0 Å². The fourth-order valence-corrected chi connectivity index (χ4v) is 3.09. The van der Waals surface area contributed by atoms with E-state index in [1.807, 2.05) is 30.3 Å². The molecular weight excluding hydrogens is 306 g/mol. The third-order valence-electron chi connectivity index (χ3n) is 4.32. The number of piperidine rings is 1. The lowest BCUT2D eigenvalue weighted by molar-refractivity contribution is -0.138. The van der Waals surface area contributed by atoms with Crippen LogP contribution in [-0.4, -0.2) is 72.1 Å². The van der Waals surface area contributed by atoms with E-state index in [1.165, 1.54) is 0 Å². The van der Waals surface area contributed by atoms with Gasteiger partial charge in [-0.3, -0.25) is 4.79 Å². The maximum atomic E-state index is 12.9. The van der Waals surface area contributed by atoms with E-state index in [9.17, 15) is 14.7 Å². The number of carbonyl (C=O) groups excluding carboxylic acids is 2. The summed E-state index contributed by atoms with van der Waals surface area (Å²) in [7, 11) is 3.45. The number of rotatable bonds is 5. The maximum Gasteiger partial charge on any atom is 0.319 e. The van der Waals surface area contributed by atoms with Crippen molar-refractivity contribution in [2.75, 3.05) is 40.3 Å². The zero-order valence-electron chi connectivity index (χ0n) is 14.5. The van der Waals surface area contributed by atoms with Crippen LogP contribution in [0.1, 0.15) is 18.4 Å². The van der Waals surface area contributed by atoms with Crippen LogP contribution >= 0.6 is 0 Å². The second kappa shape index (κ2) is 8.68. The first-order valence-corrected chi connectivity index (χ1v) is 8.42. The Balaban J connectivity index is 2.04. The van der Waals surface area contributed by atoms with E-state index < -0.39 is 0 Å². The van der Waals surface area contributed by atoms with Crippen LogP contribution in [0.4, 0.5) is 4.79 Å². The molecule has 132 valence electrons. The van der Waals surface area contributed by atoms with Crippen LogP contribution in [0.25, 0.3) is 0 Å². The number of aliphatic hydroxyl groups is 1. The topological polar surface area (TPSA) is 64.1 Å². The fourth-order valence-electron chi connectivity index (χ4n) is 3.09. The van der Waals surface area contributed by atoms with E-state index in [-0.39, 0.29) is 24.5 Å². The van der Waals surface area contributed by atoms with Crippen molar-refractivity contribution in [2.45, 2.75) is 19.4 Å². The van der Waals surface area contributed by atoms with Crippen LogP contribution < -0.4 is 0 Å². The predicted octanol–water partition coefficient (Wildman–Crippen LogP) is 1.40. The Morgan fingerprint density at radius 3 is 2.58 bits per heavy atom. The van der Waals surface area contributed by atoms with Gasteiger partial charge in [0.15, 0.2) is 0 Å². The van der Waals surface area contributed by atoms with Crippen LogP contribution in [0, 0.1) is 5.92 Å². The molecule has 6 nitrogen and oxygen atoms in total. The number of nitrogens with zero attached hydrogens (tertiary/aromatic N) is 3. The van der Waals surface area contributed by atoms with Gasteiger partial charge in [-0.2, -0.15) is 0 Å². The summed E-state index contributed by atoms with van der Waals surface area (Å²) in [5, 5.41) is 9.31. The highest BCUT2D eigenvalue weighted by Crippen LogP contribution is 2.20. The van der Waals surface area contributed by atoms with Crippen molar-refractivity contribution < 1.29 is 14.7 Å². The fraction of sp³-hybridized carbons (Fsp3) is 0.556. The van der Waals surface area contributed by atoms with Crippen LogP contribution in [0.5, 0.6) is 0 Å². The molecule has 2 rings (SSSR count). The first-order chi connectivity index (χ1) is 11.5. The average molecular weight is 333 g/mol. The summed E-state index contributed by atoms with van der Waals surface area (Å²) in [5.74, 6) is -0.179. The molecule has 1 aliphatic rings. The SMILES string of the molecule is CN(C)C(=O)N1CCCC(C(=O)N(CCO)Cc2ccccc2)C1. The minimum absolute atomic E-state index is 0.0177. The van der Waals surface area contributed by atoms with Gasteiger partial charge >= 0.3 is 6.03 Å². The quantitative estimate of drug-likeness (QED) is 0.886. The van der Waals surface area contributed by atoms with E-state index in [0.717, 1.165) is 18.4 Å². The summed E-state index contributed by atoms with van der Waals surface area (Å²) in [4.78, 5) is 30.0. The van der Waals surface area contributed by atoms with Crippen LogP contribution in [0.3, 0.4) is 0 Å². The van der Waals surface area contributed by atoms with Gasteiger partial charge in [-0.15, -0.1) is 0 Å². The van der Waals surface area contributed by atoms with Crippen molar-refractivity contribution in [2.24, 2.45) is 5.92 Å². The molecule has 0 radical (unpaired) electrons. The zero-order chi connectivity index (χ0) is 17.5. The molecule has 1 atom stereocenters. The van der Waals surface area contributed by atoms with Gasteiger partial charge in [0.25, 0.3) is 0 Å². The Labute approximate surface area is 143 Å². The maximum absolute atomic E-state index is 12.9. The molecule has 1 unspecified atom stereocenters. The molecule has 3 amide bonds. The molecule has 1 fully saturated rings. The molecule has 0 saturated carbocycles. The lowest BCUT2D eigenvalue weighted by atomic mass is 9.96. The van der Waals surface area contributed by atoms with Crippen molar-refractivity contribution in [1.29, 1.82) is 0 Å². The summed E-state index contributed by atoms with van der Waals surface area (Å²) < 4.78 is 0. The van der Waals surface area contributed by atoms with Crippen LogP contribution in [0.2, 0.25) is 0 Å². The van der Waals surface area contributed by atoms with E-state index in [2.05, 4.69) is 0 Å². The summed E-state index contributed by atoms with van der Waals surface area (Å²) in [6.07, 6.45) is 1.61. The number of benzene rings is 1.